The van der Waals surface area contributed by atoms with Gasteiger partial charge in [0.1, 0.15) is 0 Å². The monoisotopic (exact) mass is 269 g/mol. The number of hydrogen-bond donors (Lipinski definition) is 1. The van der Waals surface area contributed by atoms with Crippen LogP contribution in [0.2, 0.25) is 0 Å². The van der Waals surface area contributed by atoms with E-state index in [1.807, 2.05) is 6.92 Å². The third-order valence-electron chi connectivity index (χ3n) is 2.93. The summed E-state index contributed by atoms with van der Waals surface area (Å²) in [6, 6.07) is 1.59. The van der Waals surface area contributed by atoms with Crippen molar-refractivity contribution in [1.82, 2.24) is 14.9 Å². The lowest BCUT2D eigenvalue weighted by molar-refractivity contribution is 0.431. The predicted molar refractivity (Wildman–Crippen MR) is 65.0 cm³/mol. The Balaban J connectivity index is 2.52. The van der Waals surface area contributed by atoms with Gasteiger partial charge in [-0.2, -0.15) is 0 Å². The molecule has 0 saturated heterocycles. The van der Waals surface area contributed by atoms with Crippen molar-refractivity contribution in [3.05, 3.63) is 53.4 Å². The Morgan fingerprint density at radius 2 is 2.00 bits per heavy atom. The molecule has 102 valence electrons. The van der Waals surface area contributed by atoms with Gasteiger partial charge in [-0.1, -0.05) is 13.0 Å². The predicted octanol–water partition coefficient (Wildman–Crippen LogP) is 2.54. The van der Waals surface area contributed by atoms with Crippen LogP contribution in [0.15, 0.2) is 24.7 Å². The molecule has 0 radical (unpaired) electrons. The Morgan fingerprint density at radius 3 is 2.58 bits per heavy atom. The molecule has 1 heterocycles. The van der Waals surface area contributed by atoms with E-state index in [9.17, 15) is 13.2 Å². The third-order valence-corrected chi connectivity index (χ3v) is 2.93. The van der Waals surface area contributed by atoms with Crippen molar-refractivity contribution in [3.8, 4) is 0 Å². The maximum absolute atomic E-state index is 13.9. The summed E-state index contributed by atoms with van der Waals surface area (Å²) in [5, 5.41) is 3.04. The van der Waals surface area contributed by atoms with Crippen LogP contribution in [-0.4, -0.2) is 16.1 Å². The molecule has 0 amide bonds. The van der Waals surface area contributed by atoms with Crippen molar-refractivity contribution >= 4 is 0 Å². The van der Waals surface area contributed by atoms with Crippen LogP contribution in [0.5, 0.6) is 0 Å². The Bertz CT molecular complexity index is 581. The highest BCUT2D eigenvalue weighted by atomic mass is 19.2. The number of aromatic nitrogens is 2. The molecule has 19 heavy (non-hydrogen) atoms. The summed E-state index contributed by atoms with van der Waals surface area (Å²) >= 11 is 0. The molecular weight excluding hydrogens is 255 g/mol. The normalized spacial score (nSPS) is 12.7. The summed E-state index contributed by atoms with van der Waals surface area (Å²) in [5.74, 6) is -3.82. The molecule has 0 fully saturated rings. The van der Waals surface area contributed by atoms with Crippen LogP contribution in [0, 0.1) is 17.5 Å². The van der Waals surface area contributed by atoms with E-state index in [2.05, 4.69) is 10.3 Å². The van der Waals surface area contributed by atoms with Crippen LogP contribution in [0.3, 0.4) is 0 Å². The van der Waals surface area contributed by atoms with E-state index in [1.165, 1.54) is 6.07 Å². The second-order valence-corrected chi connectivity index (χ2v) is 4.18. The van der Waals surface area contributed by atoms with Crippen molar-refractivity contribution in [1.29, 1.82) is 0 Å². The SMILES string of the molecule is CCNC(c1ccc(F)c(F)c1F)c1cncn1C. The van der Waals surface area contributed by atoms with E-state index in [0.717, 1.165) is 6.07 Å². The van der Waals surface area contributed by atoms with Crippen molar-refractivity contribution in [2.24, 2.45) is 7.05 Å². The minimum absolute atomic E-state index is 0.0596. The standard InChI is InChI=1S/C13H14F3N3/c1-3-18-13(10-6-17-7-19(10)2)8-4-5-9(14)12(16)11(8)15/h4-7,13,18H,3H2,1-2H3. The quantitative estimate of drug-likeness (QED) is 0.864. The second kappa shape index (κ2) is 5.44. The molecule has 1 atom stereocenters. The van der Waals surface area contributed by atoms with E-state index in [0.29, 0.717) is 12.2 Å². The molecule has 0 spiro atoms. The van der Waals surface area contributed by atoms with E-state index in [-0.39, 0.29) is 5.56 Å². The molecule has 2 aromatic rings. The molecule has 6 heteroatoms. The number of hydrogen-bond acceptors (Lipinski definition) is 2. The Kier molecular flexibility index (Phi) is 3.90. The molecule has 0 bridgehead atoms. The largest absolute Gasteiger partial charge is 0.336 e. The molecule has 0 aliphatic rings. The van der Waals surface area contributed by atoms with Gasteiger partial charge >= 0.3 is 0 Å². The van der Waals surface area contributed by atoms with Crippen molar-refractivity contribution in [2.75, 3.05) is 6.54 Å². The number of rotatable bonds is 4. The molecular formula is C13H14F3N3. The maximum Gasteiger partial charge on any atom is 0.194 e. The van der Waals surface area contributed by atoms with Crippen molar-refractivity contribution in [3.63, 3.8) is 0 Å². The Morgan fingerprint density at radius 1 is 1.26 bits per heavy atom. The topological polar surface area (TPSA) is 29.9 Å². The van der Waals surface area contributed by atoms with E-state index < -0.39 is 23.5 Å². The van der Waals surface area contributed by atoms with E-state index in [1.54, 1.807) is 24.1 Å². The molecule has 3 nitrogen and oxygen atoms in total. The van der Waals surface area contributed by atoms with Gasteiger partial charge in [-0.15, -0.1) is 0 Å². The number of imidazole rings is 1. The van der Waals surface area contributed by atoms with Gasteiger partial charge < -0.3 is 9.88 Å². The van der Waals surface area contributed by atoms with E-state index in [4.69, 9.17) is 0 Å². The first kappa shape index (κ1) is 13.6. The van der Waals surface area contributed by atoms with Gasteiger partial charge in [0, 0.05) is 12.6 Å². The van der Waals surface area contributed by atoms with Crippen LogP contribution in [-0.2, 0) is 7.05 Å². The average Bonchev–Trinajstić information content (AvgIpc) is 2.80. The Hall–Kier alpha value is -1.82. The zero-order valence-corrected chi connectivity index (χ0v) is 10.6. The number of nitrogens with one attached hydrogen (secondary N) is 1. The lowest BCUT2D eigenvalue weighted by atomic mass is 10.0. The number of benzene rings is 1. The summed E-state index contributed by atoms with van der Waals surface area (Å²) in [6.07, 6.45) is 3.13. The van der Waals surface area contributed by atoms with Gasteiger partial charge in [-0.05, 0) is 12.6 Å². The first-order chi connectivity index (χ1) is 9.06. The first-order valence-corrected chi connectivity index (χ1v) is 5.89. The molecule has 1 aromatic carbocycles. The lowest BCUT2D eigenvalue weighted by Crippen LogP contribution is -2.25. The summed E-state index contributed by atoms with van der Waals surface area (Å²) in [7, 11) is 1.75. The fourth-order valence-corrected chi connectivity index (χ4v) is 1.99. The van der Waals surface area contributed by atoms with Gasteiger partial charge in [0.25, 0.3) is 0 Å². The van der Waals surface area contributed by atoms with Crippen molar-refractivity contribution in [2.45, 2.75) is 13.0 Å². The van der Waals surface area contributed by atoms with E-state index >= 15 is 0 Å². The van der Waals surface area contributed by atoms with Gasteiger partial charge in [0.15, 0.2) is 17.5 Å². The highest BCUT2D eigenvalue weighted by molar-refractivity contribution is 5.30. The van der Waals surface area contributed by atoms with Gasteiger partial charge in [-0.3, -0.25) is 0 Å². The zero-order valence-electron chi connectivity index (χ0n) is 10.6. The van der Waals surface area contributed by atoms with Gasteiger partial charge in [0.05, 0.1) is 24.3 Å². The smallest absolute Gasteiger partial charge is 0.194 e. The molecule has 0 aliphatic heterocycles. The number of nitrogens with zero attached hydrogens (tertiary/aromatic N) is 2. The summed E-state index contributed by atoms with van der Waals surface area (Å²) in [6.45, 7) is 2.40. The lowest BCUT2D eigenvalue weighted by Gasteiger charge is -2.19. The fourth-order valence-electron chi connectivity index (χ4n) is 1.99. The van der Waals surface area contributed by atoms with Gasteiger partial charge in [-0.25, -0.2) is 18.2 Å². The molecule has 1 N–H and O–H groups in total. The van der Waals surface area contributed by atoms with Crippen LogP contribution in [0.25, 0.3) is 0 Å². The second-order valence-electron chi connectivity index (χ2n) is 4.18. The molecule has 1 aromatic heterocycles. The third kappa shape index (κ3) is 2.49. The molecule has 0 saturated carbocycles. The summed E-state index contributed by atoms with van der Waals surface area (Å²) in [5.41, 5.74) is 0.733. The minimum atomic E-state index is -1.46. The minimum Gasteiger partial charge on any atom is -0.336 e. The Labute approximate surface area is 109 Å². The average molecular weight is 269 g/mol. The fraction of sp³-hybridized carbons (Fsp3) is 0.308. The van der Waals surface area contributed by atoms with Crippen LogP contribution >= 0.6 is 0 Å². The molecule has 0 aliphatic carbocycles. The highest BCUT2D eigenvalue weighted by Crippen LogP contribution is 2.26. The molecule has 2 rings (SSSR count). The van der Waals surface area contributed by atoms with Crippen LogP contribution < -0.4 is 5.32 Å². The summed E-state index contributed by atoms with van der Waals surface area (Å²) in [4.78, 5) is 3.95. The van der Waals surface area contributed by atoms with Crippen LogP contribution in [0.1, 0.15) is 24.2 Å². The number of aryl methyl sites for hydroxylation is 1. The maximum atomic E-state index is 13.9. The van der Waals surface area contributed by atoms with Gasteiger partial charge in [0.2, 0.25) is 0 Å². The van der Waals surface area contributed by atoms with Crippen molar-refractivity contribution < 1.29 is 13.2 Å². The highest BCUT2D eigenvalue weighted by Gasteiger charge is 2.23. The van der Waals surface area contributed by atoms with Crippen LogP contribution in [0.4, 0.5) is 13.2 Å². The zero-order chi connectivity index (χ0) is 14.0. The first-order valence-electron chi connectivity index (χ1n) is 5.89. The number of halogens is 3. The molecule has 1 unspecified atom stereocenters. The summed E-state index contributed by atoms with van der Waals surface area (Å²) < 4.78 is 41.9.